The van der Waals surface area contributed by atoms with Gasteiger partial charge >= 0.3 is 0 Å². The van der Waals surface area contributed by atoms with Crippen molar-refractivity contribution in [2.45, 2.75) is 35.3 Å². The number of likely N-dealkylation sites (N-methyl/N-ethyl adjacent to an activating group) is 1. The zero-order valence-electron chi connectivity index (χ0n) is 23.6. The van der Waals surface area contributed by atoms with Crippen LogP contribution in [-0.2, 0) is 14.6 Å². The number of benzene rings is 3. The fourth-order valence-electron chi connectivity index (χ4n) is 5.42. The number of sulfone groups is 1. The largest absolute Gasteiger partial charge is 0.367 e. The number of fused-ring (bicyclic) bond motifs is 1. The fourth-order valence-corrected chi connectivity index (χ4v) is 6.74. The Labute approximate surface area is 248 Å². The molecule has 0 radical (unpaired) electrons. The number of aromatic nitrogens is 2. The molecule has 6 rings (SSSR count). The van der Waals surface area contributed by atoms with Crippen LogP contribution in [0.15, 0.2) is 70.6 Å². The first-order valence-corrected chi connectivity index (χ1v) is 15.6. The van der Waals surface area contributed by atoms with Crippen LogP contribution in [0, 0.1) is 11.6 Å². The van der Waals surface area contributed by atoms with Gasteiger partial charge in [0.2, 0.25) is 9.84 Å². The lowest BCUT2D eigenvalue weighted by Crippen LogP contribution is -2.45. The maximum atomic E-state index is 16.2. The molecule has 226 valence electrons. The van der Waals surface area contributed by atoms with E-state index in [-0.39, 0.29) is 21.6 Å². The second-order valence-corrected chi connectivity index (χ2v) is 12.7. The molecule has 2 saturated heterocycles. The number of ether oxygens (including phenoxy) is 1. The molecule has 1 amide bonds. The van der Waals surface area contributed by atoms with E-state index in [4.69, 9.17) is 4.74 Å². The highest BCUT2D eigenvalue weighted by molar-refractivity contribution is 7.91. The van der Waals surface area contributed by atoms with Crippen LogP contribution in [0.1, 0.15) is 29.6 Å². The Hall–Kier alpha value is -4.07. The average Bonchev–Trinajstić information content (AvgIpc) is 3.40. The lowest BCUT2D eigenvalue weighted by atomic mass is 10.1. The lowest BCUT2D eigenvalue weighted by molar-refractivity contribution is 0.0343. The number of piperazine rings is 1. The number of nitrogens with zero attached hydrogens (tertiary/aromatic N) is 4. The number of nitrogens with one attached hydrogen (secondary N) is 2. The summed E-state index contributed by atoms with van der Waals surface area (Å²) >= 11 is 0. The van der Waals surface area contributed by atoms with Gasteiger partial charge in [0.1, 0.15) is 17.6 Å². The molecule has 2 aliphatic rings. The van der Waals surface area contributed by atoms with Crippen LogP contribution < -0.4 is 15.6 Å². The summed E-state index contributed by atoms with van der Waals surface area (Å²) in [6, 6.07) is 12.4. The molecule has 2 aliphatic heterocycles. The average molecular weight is 611 g/mol. The smallest absolute Gasteiger partial charge is 0.276 e. The Morgan fingerprint density at radius 3 is 2.53 bits per heavy atom. The van der Waals surface area contributed by atoms with Crippen molar-refractivity contribution in [3.8, 4) is 0 Å². The Morgan fingerprint density at radius 1 is 1.00 bits per heavy atom. The van der Waals surface area contributed by atoms with Crippen molar-refractivity contribution in [2.75, 3.05) is 55.5 Å². The zero-order chi connectivity index (χ0) is 30.1. The van der Waals surface area contributed by atoms with Gasteiger partial charge < -0.3 is 19.9 Å². The second kappa shape index (κ2) is 11.9. The van der Waals surface area contributed by atoms with Crippen molar-refractivity contribution in [3.63, 3.8) is 0 Å². The number of rotatable bonds is 7. The summed E-state index contributed by atoms with van der Waals surface area (Å²) in [6.07, 6.45) is 3.68. The molecule has 13 heteroatoms. The van der Waals surface area contributed by atoms with E-state index in [9.17, 15) is 17.6 Å². The Bertz CT molecular complexity index is 1770. The minimum absolute atomic E-state index is 0.0543. The maximum Gasteiger partial charge on any atom is 0.276 e. The third-order valence-corrected chi connectivity index (χ3v) is 9.60. The molecular formula is C30H32F2N6O4S. The molecule has 43 heavy (non-hydrogen) atoms. The van der Waals surface area contributed by atoms with Crippen LogP contribution in [0.2, 0.25) is 0 Å². The topological polar surface area (TPSA) is 109 Å². The Morgan fingerprint density at radius 2 is 1.79 bits per heavy atom. The molecule has 0 spiro atoms. The van der Waals surface area contributed by atoms with Gasteiger partial charge in [0.25, 0.3) is 5.91 Å². The van der Waals surface area contributed by atoms with E-state index in [0.717, 1.165) is 38.4 Å². The van der Waals surface area contributed by atoms with E-state index in [1.54, 1.807) is 12.1 Å². The number of hydrogen-bond donors (Lipinski definition) is 2. The number of halogens is 2. The first kappa shape index (κ1) is 29.0. The molecule has 0 aliphatic carbocycles. The highest BCUT2D eigenvalue weighted by atomic mass is 32.2. The molecule has 1 unspecified atom stereocenters. The van der Waals surface area contributed by atoms with Crippen molar-refractivity contribution in [1.29, 1.82) is 0 Å². The molecule has 1 atom stereocenters. The SMILES string of the molecule is CN1CCN(c2ccc(NC3CCCCO3)c(C(=O)Nn3ncc4cc(S(=O)(=O)c5cccc(F)c5)ccc43)c2F)CC1. The number of anilines is 2. The minimum Gasteiger partial charge on any atom is -0.367 e. The molecule has 0 saturated carbocycles. The van der Waals surface area contributed by atoms with E-state index >= 15 is 4.39 Å². The van der Waals surface area contributed by atoms with Gasteiger partial charge in [0, 0.05) is 38.2 Å². The van der Waals surface area contributed by atoms with Crippen molar-refractivity contribution in [3.05, 3.63) is 78.0 Å². The summed E-state index contributed by atoms with van der Waals surface area (Å²) in [5, 5.41) is 7.82. The van der Waals surface area contributed by atoms with Crippen LogP contribution in [0.5, 0.6) is 0 Å². The summed E-state index contributed by atoms with van der Waals surface area (Å²) in [5.41, 5.74) is 3.53. The predicted octanol–water partition coefficient (Wildman–Crippen LogP) is 4.22. The summed E-state index contributed by atoms with van der Waals surface area (Å²) in [7, 11) is -1.98. The van der Waals surface area contributed by atoms with Crippen molar-refractivity contribution in [2.24, 2.45) is 0 Å². The Kier molecular flexibility index (Phi) is 8.03. The minimum atomic E-state index is -4.00. The van der Waals surface area contributed by atoms with Gasteiger partial charge in [-0.05, 0) is 74.8 Å². The monoisotopic (exact) mass is 610 g/mol. The van der Waals surface area contributed by atoms with Crippen LogP contribution in [-0.4, -0.2) is 75.2 Å². The standard InChI is InChI=1S/C30H32F2N6O4S/c1-36-12-14-37(15-13-36)26-11-9-24(34-27-7-2-3-16-42-27)28(29(26)32)30(39)35-38-25-10-8-23(17-20(25)19-33-38)43(40,41)22-6-4-5-21(31)18-22/h4-6,8-11,17-19,27,34H,2-3,7,12-16H2,1H3,(H,35,39). The summed E-state index contributed by atoms with van der Waals surface area (Å²) < 4.78 is 61.9. The van der Waals surface area contributed by atoms with Gasteiger partial charge in [0.05, 0.1) is 32.9 Å². The molecule has 0 bridgehead atoms. The van der Waals surface area contributed by atoms with Gasteiger partial charge in [0.15, 0.2) is 5.82 Å². The van der Waals surface area contributed by atoms with E-state index in [1.165, 1.54) is 47.4 Å². The first-order valence-electron chi connectivity index (χ1n) is 14.1. The quantitative estimate of drug-likeness (QED) is 0.320. The summed E-state index contributed by atoms with van der Waals surface area (Å²) in [4.78, 5) is 18.8. The Balaban J connectivity index is 1.31. The van der Waals surface area contributed by atoms with Crippen molar-refractivity contribution >= 4 is 38.0 Å². The van der Waals surface area contributed by atoms with Crippen molar-refractivity contribution < 1.29 is 26.7 Å². The van der Waals surface area contributed by atoms with Gasteiger partial charge in [-0.2, -0.15) is 9.89 Å². The molecule has 2 N–H and O–H groups in total. The molecule has 3 aromatic carbocycles. The first-order chi connectivity index (χ1) is 20.7. The highest BCUT2D eigenvalue weighted by Gasteiger charge is 2.27. The number of carbonyl (C=O) groups excluding carboxylic acids is 1. The maximum absolute atomic E-state index is 16.2. The molecule has 1 aromatic heterocycles. The molecule has 2 fully saturated rings. The number of amides is 1. The lowest BCUT2D eigenvalue weighted by Gasteiger charge is -2.35. The molecule has 10 nitrogen and oxygen atoms in total. The summed E-state index contributed by atoms with van der Waals surface area (Å²) in [5.74, 6) is -2.04. The van der Waals surface area contributed by atoms with Crippen molar-refractivity contribution in [1.82, 2.24) is 14.8 Å². The van der Waals surface area contributed by atoms with E-state index < -0.39 is 27.4 Å². The van der Waals surface area contributed by atoms with Crippen LogP contribution >= 0.6 is 0 Å². The van der Waals surface area contributed by atoms with Gasteiger partial charge in [-0.3, -0.25) is 4.79 Å². The van der Waals surface area contributed by atoms with Crippen LogP contribution in [0.25, 0.3) is 10.9 Å². The van der Waals surface area contributed by atoms with Crippen LogP contribution in [0.3, 0.4) is 0 Å². The van der Waals surface area contributed by atoms with E-state index in [1.807, 2.05) is 11.9 Å². The molecule has 4 aromatic rings. The highest BCUT2D eigenvalue weighted by Crippen LogP contribution is 2.31. The third-order valence-electron chi connectivity index (χ3n) is 7.85. The predicted molar refractivity (Wildman–Crippen MR) is 159 cm³/mol. The molecule has 3 heterocycles. The normalized spacial score (nSPS) is 18.1. The number of carbonyl (C=O) groups is 1. The second-order valence-electron chi connectivity index (χ2n) is 10.8. The fraction of sp³-hybridized carbons (Fsp3) is 0.333. The zero-order valence-corrected chi connectivity index (χ0v) is 24.4. The van der Waals surface area contributed by atoms with E-state index in [0.29, 0.717) is 42.0 Å². The van der Waals surface area contributed by atoms with Crippen LogP contribution in [0.4, 0.5) is 20.2 Å². The third kappa shape index (κ3) is 5.92. The van der Waals surface area contributed by atoms with Gasteiger partial charge in [-0.15, -0.1) is 0 Å². The van der Waals surface area contributed by atoms with Gasteiger partial charge in [-0.1, -0.05) is 6.07 Å². The molecular weight excluding hydrogens is 578 g/mol. The number of hydrogen-bond acceptors (Lipinski definition) is 8. The van der Waals surface area contributed by atoms with Gasteiger partial charge in [-0.25, -0.2) is 22.6 Å². The summed E-state index contributed by atoms with van der Waals surface area (Å²) in [6.45, 7) is 3.37. The van der Waals surface area contributed by atoms with E-state index in [2.05, 4.69) is 20.7 Å².